The molecule has 11 nitrogen and oxygen atoms in total. The Morgan fingerprint density at radius 1 is 1.22 bits per heavy atom. The minimum Gasteiger partial charge on any atom is -0.457 e. The van der Waals surface area contributed by atoms with Crippen LogP contribution in [-0.2, 0) is 4.74 Å². The lowest BCUT2D eigenvalue weighted by Crippen LogP contribution is -2.52. The van der Waals surface area contributed by atoms with E-state index in [1.165, 1.54) is 22.8 Å². The lowest BCUT2D eigenvalue weighted by molar-refractivity contribution is -0.0735. The number of halogens is 1. The zero-order valence-corrected chi connectivity index (χ0v) is 20.2. The topological polar surface area (TPSA) is 127 Å². The number of hydrogen-bond donors (Lipinski definition) is 1. The van der Waals surface area contributed by atoms with E-state index in [4.69, 9.17) is 9.47 Å². The molecule has 2 saturated heterocycles. The lowest BCUT2D eigenvalue weighted by atomic mass is 10.0. The third kappa shape index (κ3) is 4.31. The van der Waals surface area contributed by atoms with E-state index in [1.54, 1.807) is 12.3 Å². The third-order valence-corrected chi connectivity index (χ3v) is 7.12. The number of rotatable bonds is 6. The van der Waals surface area contributed by atoms with E-state index in [1.807, 2.05) is 11.6 Å². The van der Waals surface area contributed by atoms with E-state index >= 15 is 0 Å². The highest BCUT2D eigenvalue weighted by molar-refractivity contribution is 5.74. The maximum Gasteiger partial charge on any atom is 0.241 e. The van der Waals surface area contributed by atoms with E-state index < -0.39 is 12.1 Å². The average Bonchev–Trinajstić information content (AvgIpc) is 3.47. The van der Waals surface area contributed by atoms with Gasteiger partial charge in [-0.25, -0.2) is 13.6 Å². The van der Waals surface area contributed by atoms with Gasteiger partial charge in [0.25, 0.3) is 0 Å². The second-order valence-corrected chi connectivity index (χ2v) is 9.35. The molecule has 0 spiro atoms. The van der Waals surface area contributed by atoms with Gasteiger partial charge in [-0.3, -0.25) is 9.88 Å². The van der Waals surface area contributed by atoms with Crippen LogP contribution in [0.4, 0.5) is 4.39 Å². The smallest absolute Gasteiger partial charge is 0.241 e. The molecule has 0 bridgehead atoms. The number of aromatic nitrogens is 6. The molecule has 0 unspecified atom stereocenters. The van der Waals surface area contributed by atoms with E-state index in [9.17, 15) is 14.8 Å². The molecule has 6 rings (SSSR count). The average molecular weight is 505 g/mol. The van der Waals surface area contributed by atoms with Crippen LogP contribution in [0.2, 0.25) is 0 Å². The van der Waals surface area contributed by atoms with Crippen LogP contribution >= 0.6 is 0 Å². The largest absolute Gasteiger partial charge is 0.457 e. The molecule has 0 radical (unpaired) electrons. The molecule has 1 N–H and O–H groups in total. The molecule has 1 atom stereocenters. The van der Waals surface area contributed by atoms with Crippen LogP contribution in [-0.4, -0.2) is 71.9 Å². The van der Waals surface area contributed by atoms with Crippen molar-refractivity contribution in [2.45, 2.75) is 38.1 Å². The van der Waals surface area contributed by atoms with Gasteiger partial charge in [-0.1, -0.05) is 5.21 Å². The Kier molecular flexibility index (Phi) is 6.03. The Morgan fingerprint density at radius 3 is 2.70 bits per heavy atom. The fraction of sp³-hybridized carbons (Fsp3) is 0.400. The van der Waals surface area contributed by atoms with Gasteiger partial charge < -0.3 is 14.6 Å². The van der Waals surface area contributed by atoms with Crippen molar-refractivity contribution in [2.24, 2.45) is 0 Å². The minimum atomic E-state index is -1.48. The molecule has 190 valence electrons. The standard InChI is InChI=1S/C25H25FN8O3/c1-15-23(30-31-34(15)19-4-6-32(7-5-19)20-13-36-14-20)16-8-22(24-17(9-27)10-29-33(24)12-16)37-25(35)21-3-2-18(26)11-28-21/h2-3,8,10-12,19-20,25,35H,4-7,13-14H2,1H3/t25-/m1/s1. The molecule has 0 amide bonds. The summed E-state index contributed by atoms with van der Waals surface area (Å²) in [5.41, 5.74) is 3.04. The van der Waals surface area contributed by atoms with Crippen LogP contribution in [0, 0.1) is 24.1 Å². The number of hydrogen-bond acceptors (Lipinski definition) is 9. The Labute approximate surface area is 211 Å². The number of nitriles is 1. The summed E-state index contributed by atoms with van der Waals surface area (Å²) in [6, 6.07) is 7.10. The van der Waals surface area contributed by atoms with Gasteiger partial charge in [-0.05, 0) is 38.0 Å². The minimum absolute atomic E-state index is 0.130. The van der Waals surface area contributed by atoms with Crippen LogP contribution < -0.4 is 4.74 Å². The second kappa shape index (κ2) is 9.51. The predicted molar refractivity (Wildman–Crippen MR) is 128 cm³/mol. The molecular formula is C25H25FN8O3. The first-order chi connectivity index (χ1) is 18.0. The van der Waals surface area contributed by atoms with Crippen molar-refractivity contribution in [3.63, 3.8) is 0 Å². The van der Waals surface area contributed by atoms with Crippen molar-refractivity contribution in [1.82, 2.24) is 34.5 Å². The summed E-state index contributed by atoms with van der Waals surface area (Å²) in [6.07, 6.45) is 4.67. The zero-order chi connectivity index (χ0) is 25.5. The maximum atomic E-state index is 13.3. The summed E-state index contributed by atoms with van der Waals surface area (Å²) < 4.78 is 27.9. The van der Waals surface area contributed by atoms with Gasteiger partial charge in [-0.15, -0.1) is 5.10 Å². The number of piperidine rings is 1. The monoisotopic (exact) mass is 504 g/mol. The Hall–Kier alpha value is -3.92. The molecule has 4 aromatic rings. The predicted octanol–water partition coefficient (Wildman–Crippen LogP) is 2.41. The molecule has 0 aliphatic carbocycles. The number of fused-ring (bicyclic) bond motifs is 1. The van der Waals surface area contributed by atoms with Gasteiger partial charge in [0.05, 0.1) is 43.4 Å². The number of ether oxygens (including phenoxy) is 2. The molecule has 12 heteroatoms. The summed E-state index contributed by atoms with van der Waals surface area (Å²) in [6.45, 7) is 5.61. The number of aliphatic hydroxyl groups excluding tert-OH is 1. The summed E-state index contributed by atoms with van der Waals surface area (Å²) in [5, 5.41) is 33.4. The quantitative estimate of drug-likeness (QED) is 0.394. The van der Waals surface area contributed by atoms with Gasteiger partial charge in [0, 0.05) is 24.8 Å². The fourth-order valence-electron chi connectivity index (χ4n) is 4.98. The highest BCUT2D eigenvalue weighted by Crippen LogP contribution is 2.34. The van der Waals surface area contributed by atoms with Crippen LogP contribution in [0.15, 0.2) is 36.8 Å². The van der Waals surface area contributed by atoms with E-state index in [0.29, 0.717) is 22.8 Å². The highest BCUT2D eigenvalue weighted by Gasteiger charge is 2.31. The first-order valence-electron chi connectivity index (χ1n) is 12.1. The normalized spacial score (nSPS) is 18.0. The van der Waals surface area contributed by atoms with Gasteiger partial charge in [0.15, 0.2) is 5.75 Å². The first-order valence-corrected chi connectivity index (χ1v) is 12.1. The van der Waals surface area contributed by atoms with Gasteiger partial charge >= 0.3 is 0 Å². The SMILES string of the molecule is Cc1c(-c2cc(O[C@@H](O)c3ccc(F)cn3)c3c(C#N)cnn3c2)nnn1C1CCN(C2COC2)CC1. The van der Waals surface area contributed by atoms with Crippen LogP contribution in [0.1, 0.15) is 42.1 Å². The van der Waals surface area contributed by atoms with Crippen molar-refractivity contribution >= 4 is 5.52 Å². The number of aliphatic hydroxyl groups is 1. The van der Waals surface area contributed by atoms with Crippen LogP contribution in [0.5, 0.6) is 5.75 Å². The van der Waals surface area contributed by atoms with Gasteiger partial charge in [-0.2, -0.15) is 10.4 Å². The summed E-state index contributed by atoms with van der Waals surface area (Å²) in [4.78, 5) is 6.37. The molecule has 37 heavy (non-hydrogen) atoms. The molecule has 2 aliphatic heterocycles. The van der Waals surface area contributed by atoms with Crippen molar-refractivity contribution in [3.8, 4) is 23.1 Å². The van der Waals surface area contributed by atoms with Crippen molar-refractivity contribution in [1.29, 1.82) is 5.26 Å². The lowest BCUT2D eigenvalue weighted by Gasteiger charge is -2.41. The summed E-state index contributed by atoms with van der Waals surface area (Å²) >= 11 is 0. The summed E-state index contributed by atoms with van der Waals surface area (Å²) in [5.74, 6) is -0.306. The number of pyridine rings is 2. The Bertz CT molecular complexity index is 1470. The molecule has 0 saturated carbocycles. The van der Waals surface area contributed by atoms with Gasteiger partial charge in [0.2, 0.25) is 6.29 Å². The van der Waals surface area contributed by atoms with Crippen LogP contribution in [0.25, 0.3) is 16.8 Å². The molecule has 4 aromatic heterocycles. The highest BCUT2D eigenvalue weighted by atomic mass is 19.1. The second-order valence-electron chi connectivity index (χ2n) is 9.35. The Balaban J connectivity index is 1.30. The molecule has 2 fully saturated rings. The maximum absolute atomic E-state index is 13.3. The summed E-state index contributed by atoms with van der Waals surface area (Å²) in [7, 11) is 0. The molecular weight excluding hydrogens is 479 g/mol. The Morgan fingerprint density at radius 2 is 2.03 bits per heavy atom. The fourth-order valence-corrected chi connectivity index (χ4v) is 4.98. The van der Waals surface area contributed by atoms with Crippen LogP contribution in [0.3, 0.4) is 0 Å². The van der Waals surface area contributed by atoms with Crippen molar-refractivity contribution < 1.29 is 19.0 Å². The van der Waals surface area contributed by atoms with Crippen molar-refractivity contribution in [3.05, 3.63) is 59.6 Å². The first kappa shape index (κ1) is 23.5. The third-order valence-electron chi connectivity index (χ3n) is 7.12. The van der Waals surface area contributed by atoms with E-state index in [2.05, 4.69) is 31.4 Å². The van der Waals surface area contributed by atoms with Gasteiger partial charge in [0.1, 0.15) is 34.4 Å². The van der Waals surface area contributed by atoms with E-state index in [-0.39, 0.29) is 23.0 Å². The zero-order valence-electron chi connectivity index (χ0n) is 20.2. The number of nitrogens with zero attached hydrogens (tertiary/aromatic N) is 8. The molecule has 2 aliphatic rings. The van der Waals surface area contributed by atoms with E-state index in [0.717, 1.165) is 51.0 Å². The van der Waals surface area contributed by atoms with Crippen molar-refractivity contribution in [2.75, 3.05) is 26.3 Å². The number of likely N-dealkylation sites (tertiary alicyclic amines) is 1. The molecule has 0 aromatic carbocycles. The molecule has 6 heterocycles.